The number of hydrogen-bond donors (Lipinski definition) is 3. The van der Waals surface area contributed by atoms with Crippen LogP contribution in [0.25, 0.3) is 0 Å². The third-order valence-electron chi connectivity index (χ3n) is 2.84. The molecule has 0 saturated carbocycles. The predicted molar refractivity (Wildman–Crippen MR) is 75.8 cm³/mol. The topological polar surface area (TPSA) is 61.7 Å². The Morgan fingerprint density at radius 1 is 1.32 bits per heavy atom. The highest BCUT2D eigenvalue weighted by molar-refractivity contribution is 5.22. The van der Waals surface area contributed by atoms with Crippen molar-refractivity contribution in [3.05, 3.63) is 35.4 Å². The minimum absolute atomic E-state index is 0.0573. The Labute approximate surface area is 115 Å². The molecule has 0 bridgehead atoms. The second-order valence-corrected chi connectivity index (χ2v) is 4.69. The number of hydrogen-bond acceptors (Lipinski definition) is 4. The van der Waals surface area contributed by atoms with Crippen molar-refractivity contribution in [1.29, 1.82) is 0 Å². The van der Waals surface area contributed by atoms with Crippen molar-refractivity contribution in [1.82, 2.24) is 5.32 Å². The maximum Gasteiger partial charge on any atom is 0.0897 e. The molecule has 0 heterocycles. The van der Waals surface area contributed by atoms with Crippen LogP contribution in [0.4, 0.5) is 0 Å². The highest BCUT2D eigenvalue weighted by Gasteiger charge is 2.03. The lowest BCUT2D eigenvalue weighted by atomic mass is 10.1. The molecule has 3 N–H and O–H groups in total. The lowest BCUT2D eigenvalue weighted by Crippen LogP contribution is -2.30. The van der Waals surface area contributed by atoms with Gasteiger partial charge in [-0.3, -0.25) is 0 Å². The molecule has 19 heavy (non-hydrogen) atoms. The van der Waals surface area contributed by atoms with Gasteiger partial charge in [0.25, 0.3) is 0 Å². The van der Waals surface area contributed by atoms with E-state index in [1.807, 2.05) is 24.3 Å². The highest BCUT2D eigenvalue weighted by Crippen LogP contribution is 2.04. The van der Waals surface area contributed by atoms with Crippen LogP contribution in [0.2, 0.25) is 0 Å². The molecular formula is C15H25NO3. The first kappa shape index (κ1) is 16.1. The summed E-state index contributed by atoms with van der Waals surface area (Å²) in [5, 5.41) is 21.9. The zero-order valence-corrected chi connectivity index (χ0v) is 11.6. The van der Waals surface area contributed by atoms with Crippen LogP contribution in [-0.4, -0.2) is 36.1 Å². The second-order valence-electron chi connectivity index (χ2n) is 4.69. The zero-order chi connectivity index (χ0) is 13.9. The molecule has 0 amide bonds. The Morgan fingerprint density at radius 3 is 2.84 bits per heavy atom. The number of ether oxygens (including phenoxy) is 1. The molecule has 108 valence electrons. The first-order chi connectivity index (χ1) is 9.26. The molecule has 1 aromatic rings. The van der Waals surface area contributed by atoms with Gasteiger partial charge in [0.2, 0.25) is 0 Å². The second kappa shape index (κ2) is 9.92. The maximum atomic E-state index is 9.70. The SMILES string of the molecule is CCCCOCC(O)CNCc1cccc(CO)c1. The van der Waals surface area contributed by atoms with Gasteiger partial charge in [0.1, 0.15) is 0 Å². The summed E-state index contributed by atoms with van der Waals surface area (Å²) in [5.41, 5.74) is 2.01. The number of aliphatic hydroxyl groups is 2. The summed E-state index contributed by atoms with van der Waals surface area (Å²) in [7, 11) is 0. The van der Waals surface area contributed by atoms with Crippen molar-refractivity contribution in [3.8, 4) is 0 Å². The van der Waals surface area contributed by atoms with E-state index in [9.17, 15) is 5.11 Å². The minimum Gasteiger partial charge on any atom is -0.392 e. The van der Waals surface area contributed by atoms with Crippen LogP contribution < -0.4 is 5.32 Å². The van der Waals surface area contributed by atoms with Crippen LogP contribution in [0, 0.1) is 0 Å². The first-order valence-electron chi connectivity index (χ1n) is 6.91. The Bertz CT molecular complexity index is 344. The Balaban J connectivity index is 2.15. The fraction of sp³-hybridized carbons (Fsp3) is 0.600. The van der Waals surface area contributed by atoms with Gasteiger partial charge < -0.3 is 20.3 Å². The van der Waals surface area contributed by atoms with E-state index in [1.165, 1.54) is 0 Å². The molecule has 4 heteroatoms. The van der Waals surface area contributed by atoms with Gasteiger partial charge in [-0.1, -0.05) is 37.6 Å². The molecule has 1 unspecified atom stereocenters. The summed E-state index contributed by atoms with van der Waals surface area (Å²) >= 11 is 0. The van der Waals surface area contributed by atoms with Gasteiger partial charge >= 0.3 is 0 Å². The standard InChI is InChI=1S/C15H25NO3/c1-2-3-7-19-12-15(18)10-16-9-13-5-4-6-14(8-13)11-17/h4-6,8,15-18H,2-3,7,9-12H2,1H3. The number of unbranched alkanes of at least 4 members (excludes halogenated alkanes) is 1. The predicted octanol–water partition coefficient (Wildman–Crippen LogP) is 1.45. The van der Waals surface area contributed by atoms with Crippen molar-refractivity contribution < 1.29 is 14.9 Å². The lowest BCUT2D eigenvalue weighted by Gasteiger charge is -2.12. The van der Waals surface area contributed by atoms with Crippen molar-refractivity contribution in [2.24, 2.45) is 0 Å². The third kappa shape index (κ3) is 7.28. The van der Waals surface area contributed by atoms with Crippen molar-refractivity contribution in [3.63, 3.8) is 0 Å². The third-order valence-corrected chi connectivity index (χ3v) is 2.84. The zero-order valence-electron chi connectivity index (χ0n) is 11.6. The van der Waals surface area contributed by atoms with Crippen molar-refractivity contribution >= 4 is 0 Å². The molecule has 4 nitrogen and oxygen atoms in total. The van der Waals surface area contributed by atoms with E-state index in [-0.39, 0.29) is 6.61 Å². The van der Waals surface area contributed by atoms with Gasteiger partial charge in [0.15, 0.2) is 0 Å². The van der Waals surface area contributed by atoms with E-state index in [0.29, 0.717) is 26.3 Å². The largest absolute Gasteiger partial charge is 0.392 e. The van der Waals surface area contributed by atoms with E-state index < -0.39 is 6.10 Å². The Hall–Kier alpha value is -0.940. The smallest absolute Gasteiger partial charge is 0.0897 e. The molecule has 1 aromatic carbocycles. The average Bonchev–Trinajstić information content (AvgIpc) is 2.44. The summed E-state index contributed by atoms with van der Waals surface area (Å²) in [6, 6.07) is 7.76. The van der Waals surface area contributed by atoms with Crippen LogP contribution >= 0.6 is 0 Å². The molecule has 0 aliphatic rings. The first-order valence-corrected chi connectivity index (χ1v) is 6.91. The summed E-state index contributed by atoms with van der Waals surface area (Å²) in [4.78, 5) is 0. The molecule has 0 aliphatic carbocycles. The fourth-order valence-electron chi connectivity index (χ4n) is 1.75. The number of aliphatic hydroxyl groups excluding tert-OH is 2. The van der Waals surface area contributed by atoms with E-state index in [4.69, 9.17) is 9.84 Å². The molecular weight excluding hydrogens is 242 g/mol. The minimum atomic E-state index is -0.474. The molecule has 0 aromatic heterocycles. The summed E-state index contributed by atoms with van der Waals surface area (Å²) in [6.07, 6.45) is 1.67. The molecule has 0 saturated heterocycles. The van der Waals surface area contributed by atoms with Gasteiger partial charge in [0, 0.05) is 19.7 Å². The number of nitrogens with one attached hydrogen (secondary N) is 1. The summed E-state index contributed by atoms with van der Waals surface area (Å²) < 4.78 is 5.35. The van der Waals surface area contributed by atoms with E-state index in [2.05, 4.69) is 12.2 Å². The molecule has 0 fully saturated rings. The van der Waals surface area contributed by atoms with Crippen LogP contribution in [0.3, 0.4) is 0 Å². The van der Waals surface area contributed by atoms with Crippen molar-refractivity contribution in [2.75, 3.05) is 19.8 Å². The van der Waals surface area contributed by atoms with Gasteiger partial charge in [-0.05, 0) is 17.5 Å². The lowest BCUT2D eigenvalue weighted by molar-refractivity contribution is 0.0358. The van der Waals surface area contributed by atoms with E-state index in [1.54, 1.807) is 0 Å². The van der Waals surface area contributed by atoms with Gasteiger partial charge in [-0.15, -0.1) is 0 Å². The summed E-state index contributed by atoms with van der Waals surface area (Å²) in [5.74, 6) is 0. The van der Waals surface area contributed by atoms with Crippen LogP contribution in [0.15, 0.2) is 24.3 Å². The van der Waals surface area contributed by atoms with Gasteiger partial charge in [-0.2, -0.15) is 0 Å². The normalized spacial score (nSPS) is 12.6. The Kier molecular flexibility index (Phi) is 8.41. The number of benzene rings is 1. The summed E-state index contributed by atoms with van der Waals surface area (Å²) in [6.45, 7) is 4.45. The average molecular weight is 267 g/mol. The molecule has 0 radical (unpaired) electrons. The maximum absolute atomic E-state index is 9.70. The Morgan fingerprint density at radius 2 is 2.11 bits per heavy atom. The van der Waals surface area contributed by atoms with Crippen LogP contribution in [0.1, 0.15) is 30.9 Å². The molecule has 1 rings (SSSR count). The fourth-order valence-corrected chi connectivity index (χ4v) is 1.75. The quantitative estimate of drug-likeness (QED) is 0.561. The molecule has 1 atom stereocenters. The van der Waals surface area contributed by atoms with E-state index in [0.717, 1.165) is 24.0 Å². The molecule has 0 aliphatic heterocycles. The monoisotopic (exact) mass is 267 g/mol. The van der Waals surface area contributed by atoms with Crippen LogP contribution in [-0.2, 0) is 17.9 Å². The van der Waals surface area contributed by atoms with Crippen LogP contribution in [0.5, 0.6) is 0 Å². The molecule has 0 spiro atoms. The van der Waals surface area contributed by atoms with Gasteiger partial charge in [0.05, 0.1) is 19.3 Å². The van der Waals surface area contributed by atoms with Crippen molar-refractivity contribution in [2.45, 2.75) is 39.0 Å². The highest BCUT2D eigenvalue weighted by atomic mass is 16.5. The van der Waals surface area contributed by atoms with Gasteiger partial charge in [-0.25, -0.2) is 0 Å². The number of rotatable bonds is 10. The van der Waals surface area contributed by atoms with E-state index >= 15 is 0 Å².